The van der Waals surface area contributed by atoms with Gasteiger partial charge in [-0.25, -0.2) is 4.79 Å². The van der Waals surface area contributed by atoms with Crippen LogP contribution in [0.3, 0.4) is 0 Å². The second kappa shape index (κ2) is 14.5. The number of guanidine groups is 1. The average Bonchev–Trinajstić information content (AvgIpc) is 2.71. The Morgan fingerprint density at radius 2 is 1.72 bits per heavy atom. The Hall–Kier alpha value is -0.810. The minimum absolute atomic E-state index is 0. The fraction of sp³-hybridized carbons (Fsp3) is 0.913. The zero-order valence-corrected chi connectivity index (χ0v) is 23.5. The quantitative estimate of drug-likeness (QED) is 0.214. The largest absolute Gasteiger partial charge is 0.444 e. The lowest BCUT2D eigenvalue weighted by Gasteiger charge is -2.35. The molecule has 0 aromatic rings. The van der Waals surface area contributed by atoms with Gasteiger partial charge in [0.25, 0.3) is 0 Å². The van der Waals surface area contributed by atoms with E-state index in [1.54, 1.807) is 0 Å². The summed E-state index contributed by atoms with van der Waals surface area (Å²) in [7, 11) is 0. The molecule has 2 saturated heterocycles. The second-order valence-electron chi connectivity index (χ2n) is 9.97. The molecule has 2 aliphatic rings. The minimum atomic E-state index is -0.435. The van der Waals surface area contributed by atoms with Crippen LogP contribution in [0.1, 0.15) is 60.8 Å². The van der Waals surface area contributed by atoms with Gasteiger partial charge in [0.2, 0.25) is 0 Å². The van der Waals surface area contributed by atoms with Crippen LogP contribution in [0.4, 0.5) is 4.79 Å². The molecular weight excluding hydrogens is 519 g/mol. The van der Waals surface area contributed by atoms with Crippen LogP contribution in [0.2, 0.25) is 0 Å². The number of rotatable bonds is 7. The first-order valence-corrected chi connectivity index (χ1v) is 12.2. The van der Waals surface area contributed by atoms with Crippen LogP contribution in [0, 0.1) is 0 Å². The van der Waals surface area contributed by atoms with E-state index in [1.807, 2.05) is 25.7 Å². The number of hydrogen-bond donors (Lipinski definition) is 2. The number of halogens is 1. The molecule has 2 N–H and O–H groups in total. The lowest BCUT2D eigenvalue weighted by Crippen LogP contribution is -2.50. The van der Waals surface area contributed by atoms with Crippen molar-refractivity contribution in [1.82, 2.24) is 25.3 Å². The standard InChI is InChI=1S/C23H46N6O2.HI/c1-7-24-21(26-20-9-13-28(14-10-20)19(2)3)25-11-8-12-27-15-17-29(18-16-27)22(30)31-23(4,5)6;/h19-20H,7-18H2,1-6H3,(H2,24,25,26);1H. The third-order valence-electron chi connectivity index (χ3n) is 5.87. The van der Waals surface area contributed by atoms with Crippen molar-refractivity contribution in [3.05, 3.63) is 0 Å². The Labute approximate surface area is 212 Å². The molecule has 8 nitrogen and oxygen atoms in total. The van der Waals surface area contributed by atoms with Crippen LogP contribution in [0.25, 0.3) is 0 Å². The van der Waals surface area contributed by atoms with Crippen LogP contribution in [0.15, 0.2) is 4.99 Å². The Morgan fingerprint density at radius 3 is 2.25 bits per heavy atom. The number of likely N-dealkylation sites (tertiary alicyclic amines) is 1. The van der Waals surface area contributed by atoms with E-state index < -0.39 is 5.60 Å². The highest BCUT2D eigenvalue weighted by molar-refractivity contribution is 14.0. The molecule has 0 aliphatic carbocycles. The number of amides is 1. The molecule has 0 unspecified atom stereocenters. The zero-order valence-electron chi connectivity index (χ0n) is 21.2. The van der Waals surface area contributed by atoms with Crippen molar-refractivity contribution < 1.29 is 9.53 Å². The van der Waals surface area contributed by atoms with Gasteiger partial charge in [0, 0.05) is 71.0 Å². The van der Waals surface area contributed by atoms with Crippen molar-refractivity contribution >= 4 is 36.0 Å². The fourth-order valence-corrected chi connectivity index (χ4v) is 4.04. The van der Waals surface area contributed by atoms with E-state index in [-0.39, 0.29) is 30.1 Å². The molecular formula is C23H47IN6O2. The maximum atomic E-state index is 12.2. The number of aliphatic imine (C=N–C) groups is 1. The minimum Gasteiger partial charge on any atom is -0.444 e. The summed E-state index contributed by atoms with van der Waals surface area (Å²) in [4.78, 5) is 23.8. The van der Waals surface area contributed by atoms with Crippen molar-refractivity contribution in [2.45, 2.75) is 78.5 Å². The van der Waals surface area contributed by atoms with Gasteiger partial charge in [-0.1, -0.05) is 0 Å². The van der Waals surface area contributed by atoms with E-state index >= 15 is 0 Å². The summed E-state index contributed by atoms with van der Waals surface area (Å²) in [6.45, 7) is 20.7. The van der Waals surface area contributed by atoms with Crippen molar-refractivity contribution in [2.75, 3.05) is 58.9 Å². The van der Waals surface area contributed by atoms with Gasteiger partial charge in [0.1, 0.15) is 5.60 Å². The molecule has 2 fully saturated rings. The predicted molar refractivity (Wildman–Crippen MR) is 143 cm³/mol. The molecule has 0 bridgehead atoms. The molecule has 2 aliphatic heterocycles. The monoisotopic (exact) mass is 566 g/mol. The lowest BCUT2D eigenvalue weighted by atomic mass is 10.0. The maximum absolute atomic E-state index is 12.2. The number of carbonyl (C=O) groups excluding carboxylic acids is 1. The predicted octanol–water partition coefficient (Wildman–Crippen LogP) is 2.98. The Bertz CT molecular complexity index is 565. The highest BCUT2D eigenvalue weighted by Crippen LogP contribution is 2.13. The third-order valence-corrected chi connectivity index (χ3v) is 5.87. The summed E-state index contributed by atoms with van der Waals surface area (Å²) < 4.78 is 5.47. The van der Waals surface area contributed by atoms with Gasteiger partial charge in [-0.3, -0.25) is 9.89 Å². The number of piperidine rings is 1. The highest BCUT2D eigenvalue weighted by Gasteiger charge is 2.25. The maximum Gasteiger partial charge on any atom is 0.410 e. The van der Waals surface area contributed by atoms with Crippen LogP contribution in [0.5, 0.6) is 0 Å². The van der Waals surface area contributed by atoms with Gasteiger partial charge in [-0.15, -0.1) is 24.0 Å². The Morgan fingerprint density at radius 1 is 1.09 bits per heavy atom. The van der Waals surface area contributed by atoms with Crippen molar-refractivity contribution in [2.24, 2.45) is 4.99 Å². The number of ether oxygens (including phenoxy) is 1. The molecule has 2 heterocycles. The van der Waals surface area contributed by atoms with Gasteiger partial charge in [-0.05, 0) is 60.8 Å². The summed E-state index contributed by atoms with van der Waals surface area (Å²) in [6, 6.07) is 1.14. The van der Waals surface area contributed by atoms with Gasteiger partial charge < -0.3 is 25.2 Å². The van der Waals surface area contributed by atoms with Crippen LogP contribution in [-0.4, -0.2) is 103 Å². The zero-order chi connectivity index (χ0) is 22.9. The lowest BCUT2D eigenvalue weighted by molar-refractivity contribution is 0.0145. The third kappa shape index (κ3) is 10.9. The number of nitrogens with zero attached hydrogens (tertiary/aromatic N) is 4. The molecule has 1 amide bonds. The van der Waals surface area contributed by atoms with E-state index in [0.717, 1.165) is 71.3 Å². The molecule has 0 spiro atoms. The average molecular weight is 567 g/mol. The van der Waals surface area contributed by atoms with Crippen LogP contribution < -0.4 is 10.6 Å². The molecule has 32 heavy (non-hydrogen) atoms. The van der Waals surface area contributed by atoms with Crippen LogP contribution >= 0.6 is 24.0 Å². The number of piperazine rings is 1. The van der Waals surface area contributed by atoms with Gasteiger partial charge in [0.05, 0.1) is 0 Å². The van der Waals surface area contributed by atoms with Gasteiger partial charge >= 0.3 is 6.09 Å². The van der Waals surface area contributed by atoms with Crippen molar-refractivity contribution in [3.8, 4) is 0 Å². The second-order valence-corrected chi connectivity index (χ2v) is 9.97. The summed E-state index contributed by atoms with van der Waals surface area (Å²) >= 11 is 0. The normalized spacial score (nSPS) is 19.6. The fourth-order valence-electron chi connectivity index (χ4n) is 4.04. The van der Waals surface area contributed by atoms with Crippen LogP contribution in [-0.2, 0) is 4.74 Å². The SMILES string of the molecule is CCNC(=NCCCN1CCN(C(=O)OC(C)(C)C)CC1)NC1CCN(C(C)C)CC1.I. The van der Waals surface area contributed by atoms with E-state index in [0.29, 0.717) is 12.1 Å². The summed E-state index contributed by atoms with van der Waals surface area (Å²) in [5, 5.41) is 7.02. The molecule has 0 aromatic heterocycles. The summed E-state index contributed by atoms with van der Waals surface area (Å²) in [6.07, 6.45) is 3.17. The molecule has 2 rings (SSSR count). The Kier molecular flexibility index (Phi) is 13.2. The van der Waals surface area contributed by atoms with E-state index in [9.17, 15) is 4.79 Å². The van der Waals surface area contributed by atoms with Gasteiger partial charge in [0.15, 0.2) is 5.96 Å². The first-order valence-electron chi connectivity index (χ1n) is 12.2. The highest BCUT2D eigenvalue weighted by atomic mass is 127. The molecule has 0 atom stereocenters. The first kappa shape index (κ1) is 29.2. The Balaban J connectivity index is 0.00000512. The van der Waals surface area contributed by atoms with E-state index in [1.165, 1.54) is 12.8 Å². The van der Waals surface area contributed by atoms with Crippen molar-refractivity contribution in [3.63, 3.8) is 0 Å². The molecule has 0 aromatic carbocycles. The molecule has 188 valence electrons. The van der Waals surface area contributed by atoms with Crippen molar-refractivity contribution in [1.29, 1.82) is 0 Å². The number of nitrogens with one attached hydrogen (secondary N) is 2. The topological polar surface area (TPSA) is 72.4 Å². The smallest absolute Gasteiger partial charge is 0.410 e. The summed E-state index contributed by atoms with van der Waals surface area (Å²) in [5.41, 5.74) is -0.435. The first-order chi connectivity index (χ1) is 14.7. The van der Waals surface area contributed by atoms with Gasteiger partial charge in [-0.2, -0.15) is 0 Å². The molecule has 0 saturated carbocycles. The summed E-state index contributed by atoms with van der Waals surface area (Å²) in [5.74, 6) is 0.945. The number of carbonyl (C=O) groups is 1. The molecule has 9 heteroatoms. The van der Waals surface area contributed by atoms with E-state index in [4.69, 9.17) is 9.73 Å². The number of hydrogen-bond acceptors (Lipinski definition) is 5. The van der Waals surface area contributed by atoms with E-state index in [2.05, 4.69) is 41.2 Å². The molecule has 0 radical (unpaired) electrons.